The minimum Gasteiger partial charge on any atom is -0.493 e. The summed E-state index contributed by atoms with van der Waals surface area (Å²) in [7, 11) is 0. The van der Waals surface area contributed by atoms with Gasteiger partial charge in [-0.3, -0.25) is 4.90 Å². The lowest BCUT2D eigenvalue weighted by Gasteiger charge is -2.20. The molecular formula is C22H28N4O. The lowest BCUT2D eigenvalue weighted by atomic mass is 10.1. The summed E-state index contributed by atoms with van der Waals surface area (Å²) in [6, 6.07) is 12.1. The summed E-state index contributed by atoms with van der Waals surface area (Å²) < 4.78 is 8.04. The van der Waals surface area contributed by atoms with Gasteiger partial charge in [0.05, 0.1) is 18.0 Å². The Morgan fingerprint density at radius 3 is 2.59 bits per heavy atom. The first kappa shape index (κ1) is 17.9. The number of nitrogens with two attached hydrogens (primary N) is 1. The molecule has 1 saturated heterocycles. The maximum absolute atomic E-state index is 6.09. The van der Waals surface area contributed by atoms with Crippen molar-refractivity contribution in [1.29, 1.82) is 0 Å². The smallest absolute Gasteiger partial charge is 0.137 e. The van der Waals surface area contributed by atoms with Gasteiger partial charge in [0.25, 0.3) is 0 Å². The number of rotatable bonds is 5. The number of pyridine rings is 1. The Kier molecular flexibility index (Phi) is 5.30. The molecule has 0 radical (unpaired) electrons. The molecule has 0 bridgehead atoms. The molecular weight excluding hydrogens is 336 g/mol. The Bertz CT molecular complexity index is 910. The van der Waals surface area contributed by atoms with E-state index in [1.54, 1.807) is 0 Å². The fourth-order valence-corrected chi connectivity index (χ4v) is 3.93. The van der Waals surface area contributed by atoms with Crippen molar-refractivity contribution >= 4 is 11.3 Å². The SMILES string of the molecule is CCOc1ccccc1-c1nc2ccc(N)cn2c1CN1CCCCCC1. The molecule has 2 aromatic heterocycles. The second-order valence-electron chi connectivity index (χ2n) is 7.22. The molecule has 0 amide bonds. The van der Waals surface area contributed by atoms with E-state index in [2.05, 4.69) is 15.4 Å². The van der Waals surface area contributed by atoms with E-state index >= 15 is 0 Å². The van der Waals surface area contributed by atoms with Crippen LogP contribution in [0.1, 0.15) is 38.3 Å². The molecule has 2 N–H and O–H groups in total. The summed E-state index contributed by atoms with van der Waals surface area (Å²) in [5.74, 6) is 0.883. The zero-order chi connectivity index (χ0) is 18.6. The van der Waals surface area contributed by atoms with E-state index in [4.69, 9.17) is 15.5 Å². The first-order valence-electron chi connectivity index (χ1n) is 9.97. The fraction of sp³-hybridized carbons (Fsp3) is 0.409. The molecule has 1 aliphatic rings. The lowest BCUT2D eigenvalue weighted by Crippen LogP contribution is -2.25. The fourth-order valence-electron chi connectivity index (χ4n) is 3.93. The number of ether oxygens (including phenoxy) is 1. The average Bonchev–Trinajstić information content (AvgIpc) is 2.84. The van der Waals surface area contributed by atoms with Gasteiger partial charge >= 0.3 is 0 Å². The molecule has 3 heterocycles. The number of benzene rings is 1. The van der Waals surface area contributed by atoms with Crippen LogP contribution in [0.3, 0.4) is 0 Å². The summed E-state index contributed by atoms with van der Waals surface area (Å²) >= 11 is 0. The second-order valence-corrected chi connectivity index (χ2v) is 7.22. The van der Waals surface area contributed by atoms with Gasteiger partial charge in [-0.25, -0.2) is 4.98 Å². The van der Waals surface area contributed by atoms with Gasteiger partial charge in [-0.05, 0) is 57.1 Å². The standard InChI is InChI=1S/C22H28N4O/c1-2-27-20-10-6-5-9-18(20)22-19(16-25-13-7-3-4-8-14-25)26-15-17(23)11-12-21(26)24-22/h5-6,9-12,15H,2-4,7-8,13-14,16,23H2,1H3. The molecule has 3 aromatic rings. The number of para-hydroxylation sites is 1. The normalized spacial score (nSPS) is 15.7. The highest BCUT2D eigenvalue weighted by Crippen LogP contribution is 2.33. The van der Waals surface area contributed by atoms with Crippen molar-refractivity contribution in [3.63, 3.8) is 0 Å². The second kappa shape index (κ2) is 8.01. The van der Waals surface area contributed by atoms with Gasteiger partial charge in [-0.15, -0.1) is 0 Å². The van der Waals surface area contributed by atoms with Crippen LogP contribution in [-0.4, -0.2) is 34.0 Å². The number of hydrogen-bond donors (Lipinski definition) is 1. The van der Waals surface area contributed by atoms with Crippen LogP contribution in [0.15, 0.2) is 42.6 Å². The Labute approximate surface area is 160 Å². The summed E-state index contributed by atoms with van der Waals surface area (Å²) in [6.45, 7) is 5.81. The average molecular weight is 364 g/mol. The Morgan fingerprint density at radius 1 is 1.04 bits per heavy atom. The van der Waals surface area contributed by atoms with Gasteiger partial charge in [0.15, 0.2) is 0 Å². The summed E-state index contributed by atoms with van der Waals surface area (Å²) in [4.78, 5) is 7.50. The van der Waals surface area contributed by atoms with E-state index in [9.17, 15) is 0 Å². The van der Waals surface area contributed by atoms with Crippen LogP contribution in [-0.2, 0) is 6.54 Å². The molecule has 0 saturated carbocycles. The Morgan fingerprint density at radius 2 is 1.81 bits per heavy atom. The van der Waals surface area contributed by atoms with Crippen LogP contribution >= 0.6 is 0 Å². The van der Waals surface area contributed by atoms with Gasteiger partial charge in [0.1, 0.15) is 11.4 Å². The zero-order valence-corrected chi connectivity index (χ0v) is 16.0. The van der Waals surface area contributed by atoms with Gasteiger partial charge in [0.2, 0.25) is 0 Å². The third-order valence-corrected chi connectivity index (χ3v) is 5.25. The lowest BCUT2D eigenvalue weighted by molar-refractivity contribution is 0.273. The summed E-state index contributed by atoms with van der Waals surface area (Å²) in [5, 5.41) is 0. The topological polar surface area (TPSA) is 55.8 Å². The summed E-state index contributed by atoms with van der Waals surface area (Å²) in [6.07, 6.45) is 7.18. The van der Waals surface area contributed by atoms with Gasteiger partial charge in [-0.1, -0.05) is 25.0 Å². The van der Waals surface area contributed by atoms with E-state index in [-0.39, 0.29) is 0 Å². The molecule has 1 aromatic carbocycles. The molecule has 27 heavy (non-hydrogen) atoms. The number of imidazole rings is 1. The highest BCUT2D eigenvalue weighted by molar-refractivity contribution is 5.72. The van der Waals surface area contributed by atoms with Crippen LogP contribution in [0, 0.1) is 0 Å². The molecule has 1 aliphatic heterocycles. The first-order chi connectivity index (χ1) is 13.3. The van der Waals surface area contributed by atoms with Crippen molar-refractivity contribution in [2.75, 3.05) is 25.4 Å². The number of nitrogen functional groups attached to an aromatic ring is 1. The molecule has 142 valence electrons. The molecule has 0 spiro atoms. The minimum atomic E-state index is 0.638. The monoisotopic (exact) mass is 364 g/mol. The number of likely N-dealkylation sites (tertiary alicyclic amines) is 1. The maximum atomic E-state index is 6.09. The van der Waals surface area contributed by atoms with E-state index in [0.29, 0.717) is 6.61 Å². The predicted molar refractivity (Wildman–Crippen MR) is 110 cm³/mol. The van der Waals surface area contributed by atoms with Crippen LogP contribution < -0.4 is 10.5 Å². The van der Waals surface area contributed by atoms with Gasteiger partial charge in [-0.2, -0.15) is 0 Å². The molecule has 1 fully saturated rings. The third kappa shape index (κ3) is 3.78. The van der Waals surface area contributed by atoms with Crippen molar-refractivity contribution in [2.45, 2.75) is 39.2 Å². The van der Waals surface area contributed by atoms with Gasteiger partial charge in [0, 0.05) is 24.0 Å². The van der Waals surface area contributed by atoms with Crippen LogP contribution in [0.4, 0.5) is 5.69 Å². The summed E-state index contributed by atoms with van der Waals surface area (Å²) in [5.41, 5.74) is 11.0. The zero-order valence-electron chi connectivity index (χ0n) is 16.0. The molecule has 0 aliphatic carbocycles. The van der Waals surface area contributed by atoms with Crippen molar-refractivity contribution in [3.8, 4) is 17.0 Å². The molecule has 5 nitrogen and oxygen atoms in total. The van der Waals surface area contributed by atoms with Crippen LogP contribution in [0.5, 0.6) is 5.75 Å². The van der Waals surface area contributed by atoms with Crippen LogP contribution in [0.2, 0.25) is 0 Å². The van der Waals surface area contributed by atoms with E-state index in [1.165, 1.54) is 31.4 Å². The third-order valence-electron chi connectivity index (χ3n) is 5.25. The minimum absolute atomic E-state index is 0.638. The number of nitrogens with zero attached hydrogens (tertiary/aromatic N) is 3. The molecule has 0 unspecified atom stereocenters. The largest absolute Gasteiger partial charge is 0.493 e. The maximum Gasteiger partial charge on any atom is 0.137 e. The van der Waals surface area contributed by atoms with E-state index in [1.807, 2.05) is 43.5 Å². The van der Waals surface area contributed by atoms with E-state index in [0.717, 1.165) is 48.0 Å². The molecule has 0 atom stereocenters. The first-order valence-corrected chi connectivity index (χ1v) is 9.97. The number of hydrogen-bond acceptors (Lipinski definition) is 4. The number of aromatic nitrogens is 2. The highest BCUT2D eigenvalue weighted by atomic mass is 16.5. The molecule has 4 rings (SSSR count). The Hall–Kier alpha value is -2.53. The predicted octanol–water partition coefficient (Wildman–Crippen LogP) is 4.36. The van der Waals surface area contributed by atoms with Crippen molar-refractivity contribution in [3.05, 3.63) is 48.3 Å². The van der Waals surface area contributed by atoms with Gasteiger partial charge < -0.3 is 14.9 Å². The number of fused-ring (bicyclic) bond motifs is 1. The van der Waals surface area contributed by atoms with Crippen LogP contribution in [0.25, 0.3) is 16.9 Å². The van der Waals surface area contributed by atoms with Crippen molar-refractivity contribution in [2.24, 2.45) is 0 Å². The van der Waals surface area contributed by atoms with Crippen molar-refractivity contribution < 1.29 is 4.74 Å². The van der Waals surface area contributed by atoms with Crippen molar-refractivity contribution in [1.82, 2.24) is 14.3 Å². The quantitative estimate of drug-likeness (QED) is 0.731. The number of anilines is 1. The Balaban J connectivity index is 1.82. The highest BCUT2D eigenvalue weighted by Gasteiger charge is 2.20. The molecule has 5 heteroatoms. The van der Waals surface area contributed by atoms with E-state index < -0.39 is 0 Å².